The van der Waals surface area contributed by atoms with Crippen LogP contribution in [-0.2, 0) is 14.8 Å². The largest absolute Gasteiger partial charge is 0.462 e. The third-order valence-corrected chi connectivity index (χ3v) is 5.09. The fourth-order valence-electron chi connectivity index (χ4n) is 2.09. The van der Waals surface area contributed by atoms with Crippen LogP contribution in [0.5, 0.6) is 0 Å². The van der Waals surface area contributed by atoms with Gasteiger partial charge in [0.05, 0.1) is 23.6 Å². The number of ether oxygens (including phenoxy) is 1. The summed E-state index contributed by atoms with van der Waals surface area (Å²) in [6.07, 6.45) is 2.46. The van der Waals surface area contributed by atoms with Gasteiger partial charge in [0, 0.05) is 6.54 Å². The van der Waals surface area contributed by atoms with Gasteiger partial charge in [-0.3, -0.25) is 4.31 Å². The molecule has 0 amide bonds. The molecule has 0 atom stereocenters. The molecule has 0 spiro atoms. The molecular formula is C14H19NO4S. The summed E-state index contributed by atoms with van der Waals surface area (Å²) in [7, 11) is -3.17. The SMILES string of the molecule is CCCCOC(=O)c1ccc(N2CCCS2(=O)=O)cc1. The average Bonchev–Trinajstić information content (AvgIpc) is 2.79. The Balaban J connectivity index is 2.05. The second-order valence-electron chi connectivity index (χ2n) is 4.78. The van der Waals surface area contributed by atoms with Gasteiger partial charge in [0.25, 0.3) is 0 Å². The molecule has 1 fully saturated rings. The van der Waals surface area contributed by atoms with Gasteiger partial charge in [0.2, 0.25) is 10.0 Å². The molecule has 1 saturated heterocycles. The van der Waals surface area contributed by atoms with E-state index in [4.69, 9.17) is 4.74 Å². The number of rotatable bonds is 5. The summed E-state index contributed by atoms with van der Waals surface area (Å²) >= 11 is 0. The standard InChI is InChI=1S/C14H19NO4S/c1-2-3-10-19-14(16)12-5-7-13(8-6-12)15-9-4-11-20(15,17)18/h5-8H,2-4,9-11H2,1H3. The van der Waals surface area contributed by atoms with E-state index >= 15 is 0 Å². The Morgan fingerprint density at radius 1 is 1.30 bits per heavy atom. The first kappa shape index (κ1) is 14.8. The van der Waals surface area contributed by atoms with Gasteiger partial charge >= 0.3 is 5.97 Å². The van der Waals surface area contributed by atoms with Crippen molar-refractivity contribution >= 4 is 21.7 Å². The third kappa shape index (κ3) is 3.30. The number of sulfonamides is 1. The molecule has 0 aromatic heterocycles. The molecule has 0 saturated carbocycles. The summed E-state index contributed by atoms with van der Waals surface area (Å²) in [5.41, 5.74) is 1.05. The molecule has 0 N–H and O–H groups in total. The van der Waals surface area contributed by atoms with Gasteiger partial charge in [-0.1, -0.05) is 13.3 Å². The van der Waals surface area contributed by atoms with Crippen LogP contribution in [0.4, 0.5) is 5.69 Å². The minimum atomic E-state index is -3.17. The van der Waals surface area contributed by atoms with E-state index in [-0.39, 0.29) is 11.7 Å². The van der Waals surface area contributed by atoms with Crippen LogP contribution in [0, 0.1) is 0 Å². The Morgan fingerprint density at radius 2 is 2.00 bits per heavy atom. The maximum atomic E-state index is 11.8. The molecule has 0 bridgehead atoms. The molecule has 0 unspecified atom stereocenters. The van der Waals surface area contributed by atoms with E-state index in [0.29, 0.717) is 30.8 Å². The summed E-state index contributed by atoms with van der Waals surface area (Å²) in [5, 5.41) is 0. The summed E-state index contributed by atoms with van der Waals surface area (Å²) in [5.74, 6) is -0.178. The minimum Gasteiger partial charge on any atom is -0.462 e. The smallest absolute Gasteiger partial charge is 0.338 e. The number of nitrogens with zero attached hydrogens (tertiary/aromatic N) is 1. The van der Waals surface area contributed by atoms with Gasteiger partial charge in [0.15, 0.2) is 0 Å². The van der Waals surface area contributed by atoms with Crippen molar-refractivity contribution in [1.82, 2.24) is 0 Å². The molecule has 1 aromatic carbocycles. The average molecular weight is 297 g/mol. The quantitative estimate of drug-likeness (QED) is 0.617. The van der Waals surface area contributed by atoms with Crippen LogP contribution in [0.3, 0.4) is 0 Å². The van der Waals surface area contributed by atoms with Crippen molar-refractivity contribution < 1.29 is 17.9 Å². The van der Waals surface area contributed by atoms with Gasteiger partial charge in [0.1, 0.15) is 0 Å². The zero-order valence-corrected chi connectivity index (χ0v) is 12.4. The molecule has 6 heteroatoms. The normalized spacial score (nSPS) is 17.1. The number of unbranched alkanes of at least 4 members (excludes halogenated alkanes) is 1. The lowest BCUT2D eigenvalue weighted by atomic mass is 10.2. The molecule has 2 rings (SSSR count). The highest BCUT2D eigenvalue weighted by molar-refractivity contribution is 7.93. The number of carbonyl (C=O) groups is 1. The molecule has 1 aromatic rings. The molecule has 110 valence electrons. The van der Waals surface area contributed by atoms with Crippen LogP contribution >= 0.6 is 0 Å². The van der Waals surface area contributed by atoms with Crippen LogP contribution in [0.2, 0.25) is 0 Å². The second-order valence-corrected chi connectivity index (χ2v) is 6.79. The van der Waals surface area contributed by atoms with Crippen molar-refractivity contribution in [3.8, 4) is 0 Å². The van der Waals surface area contributed by atoms with Crippen LogP contribution < -0.4 is 4.31 Å². The number of carbonyl (C=O) groups excluding carboxylic acids is 1. The first-order valence-electron chi connectivity index (χ1n) is 6.82. The van der Waals surface area contributed by atoms with Gasteiger partial charge < -0.3 is 4.74 Å². The lowest BCUT2D eigenvalue weighted by molar-refractivity contribution is 0.0500. The highest BCUT2D eigenvalue weighted by atomic mass is 32.2. The zero-order valence-electron chi connectivity index (χ0n) is 11.5. The Labute approximate surface area is 119 Å². The van der Waals surface area contributed by atoms with Crippen LogP contribution in [0.1, 0.15) is 36.5 Å². The maximum Gasteiger partial charge on any atom is 0.338 e. The van der Waals surface area contributed by atoms with Gasteiger partial charge in [-0.15, -0.1) is 0 Å². The van der Waals surface area contributed by atoms with Crippen molar-refractivity contribution in [3.63, 3.8) is 0 Å². The van der Waals surface area contributed by atoms with E-state index in [1.807, 2.05) is 6.92 Å². The van der Waals surface area contributed by atoms with Gasteiger partial charge in [-0.2, -0.15) is 0 Å². The van der Waals surface area contributed by atoms with E-state index in [0.717, 1.165) is 12.8 Å². The van der Waals surface area contributed by atoms with Crippen molar-refractivity contribution in [3.05, 3.63) is 29.8 Å². The maximum absolute atomic E-state index is 11.8. The number of hydrogen-bond acceptors (Lipinski definition) is 4. The molecule has 1 heterocycles. The molecule has 1 aliphatic heterocycles. The van der Waals surface area contributed by atoms with E-state index in [9.17, 15) is 13.2 Å². The van der Waals surface area contributed by atoms with Crippen LogP contribution in [0.25, 0.3) is 0 Å². The Hall–Kier alpha value is -1.56. The van der Waals surface area contributed by atoms with Crippen LogP contribution in [0.15, 0.2) is 24.3 Å². The second kappa shape index (κ2) is 6.26. The lowest BCUT2D eigenvalue weighted by Gasteiger charge is -2.16. The topological polar surface area (TPSA) is 63.7 Å². The van der Waals surface area contributed by atoms with E-state index in [1.165, 1.54) is 4.31 Å². The number of hydrogen-bond donors (Lipinski definition) is 0. The summed E-state index contributed by atoms with van der Waals surface area (Å²) < 4.78 is 30.1. The predicted molar refractivity (Wildman–Crippen MR) is 77.4 cm³/mol. The lowest BCUT2D eigenvalue weighted by Crippen LogP contribution is -2.25. The zero-order chi connectivity index (χ0) is 14.6. The first-order valence-corrected chi connectivity index (χ1v) is 8.43. The van der Waals surface area contributed by atoms with E-state index in [1.54, 1.807) is 24.3 Å². The summed E-state index contributed by atoms with van der Waals surface area (Å²) in [6.45, 7) is 2.94. The van der Waals surface area contributed by atoms with Crippen molar-refractivity contribution in [2.75, 3.05) is 23.2 Å². The monoisotopic (exact) mass is 297 g/mol. The van der Waals surface area contributed by atoms with E-state index in [2.05, 4.69) is 0 Å². The fourth-order valence-corrected chi connectivity index (χ4v) is 3.65. The van der Waals surface area contributed by atoms with Crippen molar-refractivity contribution in [2.45, 2.75) is 26.2 Å². The number of anilines is 1. The molecule has 1 aliphatic rings. The van der Waals surface area contributed by atoms with Crippen molar-refractivity contribution in [2.24, 2.45) is 0 Å². The highest BCUT2D eigenvalue weighted by Gasteiger charge is 2.28. The molecule has 0 aliphatic carbocycles. The molecule has 20 heavy (non-hydrogen) atoms. The number of benzene rings is 1. The first-order chi connectivity index (χ1) is 9.54. The van der Waals surface area contributed by atoms with Crippen LogP contribution in [-0.4, -0.2) is 33.3 Å². The number of esters is 1. The Morgan fingerprint density at radius 3 is 2.55 bits per heavy atom. The minimum absolute atomic E-state index is 0.188. The van der Waals surface area contributed by atoms with Gasteiger partial charge in [-0.25, -0.2) is 13.2 Å². The van der Waals surface area contributed by atoms with Gasteiger partial charge in [-0.05, 0) is 37.1 Å². The Kier molecular flexibility index (Phi) is 4.65. The Bertz CT molecular complexity index is 565. The molecule has 5 nitrogen and oxygen atoms in total. The molecule has 0 radical (unpaired) electrons. The predicted octanol–water partition coefficient (Wildman–Crippen LogP) is 2.18. The summed E-state index contributed by atoms with van der Waals surface area (Å²) in [4.78, 5) is 11.7. The highest BCUT2D eigenvalue weighted by Crippen LogP contribution is 2.24. The third-order valence-electron chi connectivity index (χ3n) is 3.22. The van der Waals surface area contributed by atoms with E-state index < -0.39 is 10.0 Å². The van der Waals surface area contributed by atoms with Crippen molar-refractivity contribution in [1.29, 1.82) is 0 Å². The summed E-state index contributed by atoms with van der Waals surface area (Å²) in [6, 6.07) is 6.52. The molecular weight excluding hydrogens is 278 g/mol. The fraction of sp³-hybridized carbons (Fsp3) is 0.500.